The summed E-state index contributed by atoms with van der Waals surface area (Å²) >= 11 is 1.46. The summed E-state index contributed by atoms with van der Waals surface area (Å²) in [6.07, 6.45) is 0. The van der Waals surface area contributed by atoms with Gasteiger partial charge < -0.3 is 5.11 Å². The third-order valence-corrected chi connectivity index (χ3v) is 3.43. The van der Waals surface area contributed by atoms with E-state index in [9.17, 15) is 9.90 Å². The topological polar surface area (TPSA) is 50.2 Å². The quantitative estimate of drug-likeness (QED) is 0.602. The van der Waals surface area contributed by atoms with E-state index in [4.69, 9.17) is 0 Å². The van der Waals surface area contributed by atoms with E-state index >= 15 is 0 Å². The van der Waals surface area contributed by atoms with E-state index in [1.165, 1.54) is 17.4 Å². The zero-order valence-electron chi connectivity index (χ0n) is 8.18. The van der Waals surface area contributed by atoms with E-state index in [2.05, 4.69) is 4.98 Å². The van der Waals surface area contributed by atoms with Crippen molar-refractivity contribution >= 4 is 21.6 Å². The molecule has 1 N–H and O–H groups in total. The van der Waals surface area contributed by atoms with Crippen molar-refractivity contribution < 1.29 is 5.11 Å². The summed E-state index contributed by atoms with van der Waals surface area (Å²) in [5, 5.41) is 9.37. The average Bonchev–Trinajstić information content (AvgIpc) is 2.26. The number of hydrogen-bond acceptors (Lipinski definition) is 4. The molecule has 0 bridgehead atoms. The third-order valence-electron chi connectivity index (χ3n) is 2.34. The molecule has 0 fully saturated rings. The van der Waals surface area contributed by atoms with Gasteiger partial charge in [0.05, 0.1) is 20.8 Å². The van der Waals surface area contributed by atoms with Crippen LogP contribution < -0.4 is 5.43 Å². The van der Waals surface area contributed by atoms with Gasteiger partial charge in [-0.3, -0.25) is 4.79 Å². The molecule has 0 aromatic heterocycles. The second-order valence-corrected chi connectivity index (χ2v) is 4.58. The first-order valence-electron chi connectivity index (χ1n) is 4.76. The molecule has 0 saturated heterocycles. The lowest BCUT2D eigenvalue weighted by molar-refractivity contribution is 0.476. The Morgan fingerprint density at radius 2 is 2.00 bits per heavy atom. The van der Waals surface area contributed by atoms with Crippen molar-refractivity contribution in [3.63, 3.8) is 0 Å². The molecule has 78 valence electrons. The Morgan fingerprint density at radius 3 is 2.88 bits per heavy atom. The van der Waals surface area contributed by atoms with Crippen LogP contribution in [0.25, 0.3) is 20.8 Å². The molecule has 0 atom stereocenters. The van der Waals surface area contributed by atoms with E-state index in [0.717, 1.165) is 20.8 Å². The maximum absolute atomic E-state index is 11.2. The summed E-state index contributed by atoms with van der Waals surface area (Å²) in [6, 6.07) is 9.83. The summed E-state index contributed by atoms with van der Waals surface area (Å²) in [5.74, 6) is 0.211. The Labute approximate surface area is 95.0 Å². The first kappa shape index (κ1) is 9.30. The highest BCUT2D eigenvalue weighted by atomic mass is 32.1. The predicted molar refractivity (Wildman–Crippen MR) is 64.2 cm³/mol. The molecule has 0 amide bonds. The van der Waals surface area contributed by atoms with Crippen LogP contribution >= 0.6 is 11.3 Å². The number of nitrogens with zero attached hydrogens (tertiary/aromatic N) is 1. The lowest BCUT2D eigenvalue weighted by atomic mass is 10.2. The Hall–Kier alpha value is -1.94. The number of aromatic nitrogens is 1. The van der Waals surface area contributed by atoms with Gasteiger partial charge in [0.25, 0.3) is 0 Å². The first-order valence-corrected chi connectivity index (χ1v) is 5.58. The molecule has 1 aromatic rings. The highest BCUT2D eigenvalue weighted by Gasteiger charge is 2.07. The summed E-state index contributed by atoms with van der Waals surface area (Å²) in [6.45, 7) is 0. The van der Waals surface area contributed by atoms with Gasteiger partial charge in [0.15, 0.2) is 5.43 Å². The number of fused-ring (bicyclic) bond motifs is 2. The SMILES string of the molecule is O=c1ccc2nc3ccc(O)cc3sc-2c1. The van der Waals surface area contributed by atoms with Crippen LogP contribution in [0.5, 0.6) is 5.75 Å². The predicted octanol–water partition coefficient (Wildman–Crippen LogP) is 2.47. The fraction of sp³-hybridized carbons (Fsp3) is 0. The molecule has 0 saturated carbocycles. The fourth-order valence-corrected chi connectivity index (χ4v) is 2.62. The van der Waals surface area contributed by atoms with Crippen LogP contribution in [0.1, 0.15) is 0 Å². The molecule has 16 heavy (non-hydrogen) atoms. The molecule has 3 rings (SSSR count). The Balaban J connectivity index is 2.46. The average molecular weight is 229 g/mol. The normalized spacial score (nSPS) is 11.0. The van der Waals surface area contributed by atoms with Crippen LogP contribution in [0, 0.1) is 0 Å². The van der Waals surface area contributed by atoms with Gasteiger partial charge in [-0.1, -0.05) is 0 Å². The minimum Gasteiger partial charge on any atom is -0.508 e. The second kappa shape index (κ2) is 3.28. The summed E-state index contributed by atoms with van der Waals surface area (Å²) in [4.78, 5) is 16.5. The molecular weight excluding hydrogens is 222 g/mol. The lowest BCUT2D eigenvalue weighted by Gasteiger charge is -2.04. The zero-order valence-corrected chi connectivity index (χ0v) is 8.99. The highest BCUT2D eigenvalue weighted by Crippen LogP contribution is 2.30. The van der Waals surface area contributed by atoms with Crippen LogP contribution in [-0.2, 0) is 0 Å². The fourth-order valence-electron chi connectivity index (χ4n) is 1.59. The van der Waals surface area contributed by atoms with Crippen molar-refractivity contribution in [2.75, 3.05) is 0 Å². The maximum atomic E-state index is 11.2. The molecule has 1 heterocycles. The molecule has 1 aliphatic carbocycles. The smallest absolute Gasteiger partial charge is 0.180 e. The van der Waals surface area contributed by atoms with Gasteiger partial charge >= 0.3 is 0 Å². The number of aromatic hydroxyl groups is 1. The standard InChI is InChI=1S/C12H7NO2S/c14-7-1-3-9-11(5-7)16-12-6-8(15)2-4-10(12)13-9/h1-6,14H. The molecule has 4 heteroatoms. The molecule has 0 unspecified atom stereocenters. The van der Waals surface area contributed by atoms with Gasteiger partial charge in [-0.05, 0) is 30.3 Å². The monoisotopic (exact) mass is 229 g/mol. The molecular formula is C12H7NO2S. The van der Waals surface area contributed by atoms with Gasteiger partial charge in [0.2, 0.25) is 0 Å². The molecule has 2 aliphatic rings. The Morgan fingerprint density at radius 1 is 1.12 bits per heavy atom. The largest absolute Gasteiger partial charge is 0.508 e. The highest BCUT2D eigenvalue weighted by molar-refractivity contribution is 7.21. The van der Waals surface area contributed by atoms with Gasteiger partial charge in [0, 0.05) is 6.07 Å². The number of rotatable bonds is 0. The minimum atomic E-state index is -0.0231. The third kappa shape index (κ3) is 1.44. The van der Waals surface area contributed by atoms with E-state index in [0.29, 0.717) is 0 Å². The lowest BCUT2D eigenvalue weighted by Crippen LogP contribution is -1.97. The maximum Gasteiger partial charge on any atom is 0.180 e. The number of hydrogen-bond donors (Lipinski definition) is 1. The van der Waals surface area contributed by atoms with Crippen LogP contribution in [0.4, 0.5) is 0 Å². The zero-order chi connectivity index (χ0) is 11.1. The van der Waals surface area contributed by atoms with E-state index in [1.54, 1.807) is 30.3 Å². The number of benzene rings is 2. The molecule has 3 nitrogen and oxygen atoms in total. The van der Waals surface area contributed by atoms with Crippen molar-refractivity contribution in [1.29, 1.82) is 0 Å². The molecule has 1 aliphatic heterocycles. The van der Waals surface area contributed by atoms with E-state index in [-0.39, 0.29) is 11.2 Å². The summed E-state index contributed by atoms with van der Waals surface area (Å²) in [5.41, 5.74) is 1.61. The molecule has 0 radical (unpaired) electrons. The minimum absolute atomic E-state index is 0.0231. The van der Waals surface area contributed by atoms with Gasteiger partial charge in [-0.15, -0.1) is 11.3 Å². The van der Waals surface area contributed by atoms with Crippen molar-refractivity contribution in [2.24, 2.45) is 0 Å². The van der Waals surface area contributed by atoms with Crippen molar-refractivity contribution in [3.8, 4) is 16.3 Å². The van der Waals surface area contributed by atoms with Crippen LogP contribution in [0.15, 0.2) is 41.2 Å². The van der Waals surface area contributed by atoms with E-state index < -0.39 is 0 Å². The summed E-state index contributed by atoms with van der Waals surface area (Å²) in [7, 11) is 0. The van der Waals surface area contributed by atoms with Gasteiger partial charge in [-0.25, -0.2) is 4.98 Å². The van der Waals surface area contributed by atoms with Crippen molar-refractivity contribution in [1.82, 2.24) is 4.98 Å². The second-order valence-electron chi connectivity index (χ2n) is 3.50. The first-order chi connectivity index (χ1) is 7.72. The van der Waals surface area contributed by atoms with Gasteiger partial charge in [0.1, 0.15) is 5.75 Å². The number of phenolic OH excluding ortho intramolecular Hbond substituents is 1. The van der Waals surface area contributed by atoms with Crippen molar-refractivity contribution in [2.45, 2.75) is 0 Å². The van der Waals surface area contributed by atoms with Crippen molar-refractivity contribution in [3.05, 3.63) is 46.6 Å². The Bertz CT molecular complexity index is 705. The van der Waals surface area contributed by atoms with Crippen LogP contribution in [0.2, 0.25) is 0 Å². The van der Waals surface area contributed by atoms with Crippen LogP contribution in [0.3, 0.4) is 0 Å². The number of phenols is 1. The Kier molecular flexibility index (Phi) is 1.91. The molecule has 0 spiro atoms. The molecule has 1 aromatic carbocycles. The van der Waals surface area contributed by atoms with E-state index in [1.807, 2.05) is 0 Å². The van der Waals surface area contributed by atoms with Crippen LogP contribution in [-0.4, -0.2) is 10.1 Å². The van der Waals surface area contributed by atoms with Gasteiger partial charge in [-0.2, -0.15) is 0 Å². The summed E-state index contributed by atoms with van der Waals surface area (Å²) < 4.78 is 0.873.